The molecule has 0 bridgehead atoms. The van der Waals surface area contributed by atoms with Crippen molar-refractivity contribution in [1.29, 1.82) is 0 Å². The van der Waals surface area contributed by atoms with Crippen LogP contribution in [0.1, 0.15) is 15.9 Å². The monoisotopic (exact) mass is 192 g/mol. The topological polar surface area (TPSA) is 17.1 Å². The lowest BCUT2D eigenvalue weighted by atomic mass is 10.1. The molecule has 0 fully saturated rings. The number of hydrogen-bond acceptors (Lipinski definition) is 1. The fourth-order valence-electron chi connectivity index (χ4n) is 0.889. The van der Waals surface area contributed by atoms with Crippen molar-refractivity contribution in [3.8, 4) is 0 Å². The number of carbonyl (C=O) groups excluding carboxylic acids is 1. The number of hydrogen-bond donors (Lipinski definition) is 0. The molecule has 0 atom stereocenters. The summed E-state index contributed by atoms with van der Waals surface area (Å²) in [4.78, 5) is 10.2. The maximum absolute atomic E-state index is 12.4. The predicted octanol–water partition coefficient (Wildman–Crippen LogP) is 2.66. The lowest BCUT2D eigenvalue weighted by Gasteiger charge is -2.08. The van der Waals surface area contributed by atoms with Crippen LogP contribution in [0.25, 0.3) is 0 Å². The Morgan fingerprint density at radius 1 is 1.23 bits per heavy atom. The van der Waals surface area contributed by atoms with E-state index in [0.29, 0.717) is 18.2 Å². The largest absolute Gasteiger partial charge is 0.417 e. The minimum Gasteiger partial charge on any atom is -0.298 e. The number of aldehydes is 1. The molecule has 0 aliphatic carbocycles. The Kier molecular flexibility index (Phi) is 2.36. The fourth-order valence-corrected chi connectivity index (χ4v) is 0.889. The van der Waals surface area contributed by atoms with Crippen molar-refractivity contribution in [2.75, 3.05) is 0 Å². The van der Waals surface area contributed by atoms with Gasteiger partial charge >= 0.3 is 6.18 Å². The Balaban J connectivity index is 3.29. The second-order valence-electron chi connectivity index (χ2n) is 2.35. The summed E-state index contributed by atoms with van der Waals surface area (Å²) < 4.78 is 48.7. The van der Waals surface area contributed by atoms with Gasteiger partial charge in [-0.1, -0.05) is 0 Å². The summed E-state index contributed by atoms with van der Waals surface area (Å²) in [5, 5.41) is 0. The van der Waals surface area contributed by atoms with E-state index in [-0.39, 0.29) is 6.29 Å². The Morgan fingerprint density at radius 3 is 2.31 bits per heavy atom. The zero-order chi connectivity index (χ0) is 10.1. The van der Waals surface area contributed by atoms with Crippen LogP contribution in [-0.4, -0.2) is 6.29 Å². The van der Waals surface area contributed by atoms with E-state index >= 15 is 0 Å². The molecule has 0 aliphatic heterocycles. The number of benzene rings is 1. The second kappa shape index (κ2) is 3.16. The molecular formula is C8H4F4O. The molecule has 1 rings (SSSR count). The summed E-state index contributed by atoms with van der Waals surface area (Å²) in [5.41, 5.74) is -1.81. The number of alkyl halides is 3. The zero-order valence-electron chi connectivity index (χ0n) is 6.23. The lowest BCUT2D eigenvalue weighted by molar-refractivity contribution is -0.137. The van der Waals surface area contributed by atoms with Crippen LogP contribution >= 0.6 is 0 Å². The first kappa shape index (κ1) is 9.70. The minimum absolute atomic E-state index is 0.0219. The summed E-state index contributed by atoms with van der Waals surface area (Å²) >= 11 is 0. The van der Waals surface area contributed by atoms with Gasteiger partial charge in [0.2, 0.25) is 0 Å². The van der Waals surface area contributed by atoms with Gasteiger partial charge in [-0.25, -0.2) is 4.39 Å². The first-order valence-corrected chi connectivity index (χ1v) is 3.27. The molecule has 13 heavy (non-hydrogen) atoms. The molecule has 0 aliphatic rings. The van der Waals surface area contributed by atoms with Crippen LogP contribution < -0.4 is 0 Å². The van der Waals surface area contributed by atoms with Gasteiger partial charge in [0.05, 0.1) is 5.56 Å². The zero-order valence-corrected chi connectivity index (χ0v) is 6.23. The van der Waals surface area contributed by atoms with Gasteiger partial charge in [0.25, 0.3) is 0 Å². The summed E-state index contributed by atoms with van der Waals surface area (Å²) in [6, 6.07) is 1.75. The van der Waals surface area contributed by atoms with Gasteiger partial charge in [0, 0.05) is 5.56 Å². The van der Waals surface area contributed by atoms with Crippen LogP contribution in [0.4, 0.5) is 17.6 Å². The standard InChI is InChI=1S/C8H4F4O/c9-6-1-2-7(8(10,11)12)5(3-6)4-13/h1-4H. The van der Waals surface area contributed by atoms with E-state index in [9.17, 15) is 22.4 Å². The van der Waals surface area contributed by atoms with Gasteiger partial charge in [0.15, 0.2) is 6.29 Å². The van der Waals surface area contributed by atoms with Gasteiger partial charge < -0.3 is 0 Å². The summed E-state index contributed by atoms with van der Waals surface area (Å²) in [5.74, 6) is -0.866. The maximum Gasteiger partial charge on any atom is 0.417 e. The molecule has 0 unspecified atom stereocenters. The number of carbonyl (C=O) groups is 1. The molecule has 0 radical (unpaired) electrons. The fraction of sp³-hybridized carbons (Fsp3) is 0.125. The predicted molar refractivity (Wildman–Crippen MR) is 36.8 cm³/mol. The van der Waals surface area contributed by atoms with Crippen molar-refractivity contribution in [3.63, 3.8) is 0 Å². The highest BCUT2D eigenvalue weighted by molar-refractivity contribution is 5.77. The molecule has 1 nitrogen and oxygen atoms in total. The SMILES string of the molecule is O=Cc1cc(F)ccc1C(F)(F)F. The van der Waals surface area contributed by atoms with Crippen LogP contribution in [0, 0.1) is 5.82 Å². The van der Waals surface area contributed by atoms with E-state index in [0.717, 1.165) is 0 Å². The summed E-state index contributed by atoms with van der Waals surface area (Å²) in [7, 11) is 0. The molecule has 0 spiro atoms. The van der Waals surface area contributed by atoms with Crippen molar-refractivity contribution in [1.82, 2.24) is 0 Å². The molecule has 0 heterocycles. The third-order valence-electron chi connectivity index (χ3n) is 1.45. The molecule has 5 heteroatoms. The van der Waals surface area contributed by atoms with Crippen LogP contribution in [0.15, 0.2) is 18.2 Å². The quantitative estimate of drug-likeness (QED) is 0.493. The molecule has 0 aromatic heterocycles. The first-order chi connectivity index (χ1) is 5.95. The van der Waals surface area contributed by atoms with Crippen molar-refractivity contribution in [2.45, 2.75) is 6.18 Å². The first-order valence-electron chi connectivity index (χ1n) is 3.27. The maximum atomic E-state index is 12.4. The van der Waals surface area contributed by atoms with Crippen LogP contribution in [0.3, 0.4) is 0 Å². The van der Waals surface area contributed by atoms with Crippen LogP contribution in [0.5, 0.6) is 0 Å². The summed E-state index contributed by atoms with van der Waals surface area (Å²) in [6.07, 6.45) is -4.64. The number of halogens is 4. The number of rotatable bonds is 1. The van der Waals surface area contributed by atoms with Gasteiger partial charge in [-0.3, -0.25) is 4.79 Å². The van der Waals surface area contributed by atoms with Gasteiger partial charge in [-0.15, -0.1) is 0 Å². The van der Waals surface area contributed by atoms with E-state index in [1.807, 2.05) is 0 Å². The van der Waals surface area contributed by atoms with Gasteiger partial charge in [0.1, 0.15) is 5.82 Å². The minimum atomic E-state index is -4.62. The Labute approximate surface area is 71.0 Å². The van der Waals surface area contributed by atoms with Crippen LogP contribution in [-0.2, 0) is 6.18 Å². The third-order valence-corrected chi connectivity index (χ3v) is 1.45. The van der Waals surface area contributed by atoms with Crippen LogP contribution in [0.2, 0.25) is 0 Å². The van der Waals surface area contributed by atoms with E-state index in [1.165, 1.54) is 0 Å². The lowest BCUT2D eigenvalue weighted by Crippen LogP contribution is -2.08. The summed E-state index contributed by atoms with van der Waals surface area (Å²) in [6.45, 7) is 0. The molecule has 0 N–H and O–H groups in total. The Hall–Kier alpha value is -1.39. The average molecular weight is 192 g/mol. The van der Waals surface area contributed by atoms with E-state index in [1.54, 1.807) is 0 Å². The van der Waals surface area contributed by atoms with E-state index in [2.05, 4.69) is 0 Å². The van der Waals surface area contributed by atoms with Crippen molar-refractivity contribution in [2.24, 2.45) is 0 Å². The van der Waals surface area contributed by atoms with Crippen molar-refractivity contribution >= 4 is 6.29 Å². The molecule has 1 aromatic carbocycles. The van der Waals surface area contributed by atoms with E-state index < -0.39 is 23.1 Å². The Bertz CT molecular complexity index is 329. The molecule has 0 saturated carbocycles. The van der Waals surface area contributed by atoms with Crippen molar-refractivity contribution in [3.05, 3.63) is 35.1 Å². The molecule has 0 amide bonds. The highest BCUT2D eigenvalue weighted by Gasteiger charge is 2.33. The normalized spacial score (nSPS) is 11.4. The highest BCUT2D eigenvalue weighted by Crippen LogP contribution is 2.31. The second-order valence-corrected chi connectivity index (χ2v) is 2.35. The van der Waals surface area contributed by atoms with Crippen molar-refractivity contribution < 1.29 is 22.4 Å². The molecular weight excluding hydrogens is 188 g/mol. The van der Waals surface area contributed by atoms with Gasteiger partial charge in [-0.2, -0.15) is 13.2 Å². The average Bonchev–Trinajstić information content (AvgIpc) is 2.01. The Morgan fingerprint density at radius 2 is 1.85 bits per heavy atom. The molecule has 70 valence electrons. The van der Waals surface area contributed by atoms with E-state index in [4.69, 9.17) is 0 Å². The van der Waals surface area contributed by atoms with Gasteiger partial charge in [-0.05, 0) is 18.2 Å². The smallest absolute Gasteiger partial charge is 0.298 e. The highest BCUT2D eigenvalue weighted by atomic mass is 19.4. The molecule has 1 aromatic rings. The molecule has 0 saturated heterocycles. The third kappa shape index (κ3) is 2.05.